The minimum Gasteiger partial charge on any atom is -0.352 e. The van der Waals surface area contributed by atoms with Gasteiger partial charge in [0.2, 0.25) is 15.9 Å². The molecule has 2 aromatic carbocycles. The minimum atomic E-state index is -3.44. The maximum atomic E-state index is 12.2. The van der Waals surface area contributed by atoms with Gasteiger partial charge in [-0.2, -0.15) is 0 Å². The van der Waals surface area contributed by atoms with Crippen LogP contribution >= 0.6 is 15.9 Å². The van der Waals surface area contributed by atoms with Crippen molar-refractivity contribution in [1.29, 1.82) is 0 Å². The molecule has 0 aliphatic carbocycles. The highest BCUT2D eigenvalue weighted by molar-refractivity contribution is 9.10. The minimum absolute atomic E-state index is 0.113. The summed E-state index contributed by atoms with van der Waals surface area (Å²) in [5, 5.41) is 5.39. The predicted molar refractivity (Wildman–Crippen MR) is 109 cm³/mol. The largest absolute Gasteiger partial charge is 0.352 e. The number of carbonyl (C=O) groups excluding carboxylic acids is 2. The molecule has 0 heterocycles. The number of rotatable bonds is 7. The van der Waals surface area contributed by atoms with Crippen LogP contribution in [-0.4, -0.2) is 33.0 Å². The number of halogens is 1. The molecule has 2 aromatic rings. The number of benzene rings is 2. The van der Waals surface area contributed by atoms with Crippen LogP contribution in [0, 0.1) is 6.92 Å². The summed E-state index contributed by atoms with van der Waals surface area (Å²) in [5.74, 6) is -0.607. The van der Waals surface area contributed by atoms with E-state index in [0.717, 1.165) is 10.7 Å². The third kappa shape index (κ3) is 7.03. The van der Waals surface area contributed by atoms with Crippen LogP contribution in [0.15, 0.2) is 46.9 Å². The van der Waals surface area contributed by atoms with E-state index in [1.165, 1.54) is 6.07 Å². The molecule has 0 bridgehead atoms. The molecule has 0 atom stereocenters. The highest BCUT2D eigenvalue weighted by Gasteiger charge is 2.11. The van der Waals surface area contributed by atoms with Crippen molar-refractivity contribution in [3.05, 3.63) is 58.1 Å². The van der Waals surface area contributed by atoms with Crippen LogP contribution in [0.25, 0.3) is 0 Å². The van der Waals surface area contributed by atoms with Gasteiger partial charge in [-0.3, -0.25) is 14.3 Å². The molecule has 0 fully saturated rings. The van der Waals surface area contributed by atoms with E-state index in [0.29, 0.717) is 22.5 Å². The molecule has 0 saturated heterocycles. The van der Waals surface area contributed by atoms with Crippen LogP contribution < -0.4 is 15.4 Å². The van der Waals surface area contributed by atoms with Gasteiger partial charge in [0.15, 0.2) is 0 Å². The molecule has 3 N–H and O–H groups in total. The fraction of sp³-hybridized carbons (Fsp3) is 0.222. The Hall–Kier alpha value is -2.39. The van der Waals surface area contributed by atoms with Crippen molar-refractivity contribution in [2.24, 2.45) is 0 Å². The van der Waals surface area contributed by atoms with E-state index in [1.807, 2.05) is 12.1 Å². The quantitative estimate of drug-likeness (QED) is 0.599. The molecule has 7 nitrogen and oxygen atoms in total. The predicted octanol–water partition coefficient (Wildman–Crippen LogP) is 2.89. The monoisotopic (exact) mass is 453 g/mol. The average molecular weight is 454 g/mol. The third-order valence-electron chi connectivity index (χ3n) is 3.56. The summed E-state index contributed by atoms with van der Waals surface area (Å²) in [7, 11) is -3.44. The highest BCUT2D eigenvalue weighted by atomic mass is 79.9. The molecule has 0 saturated carbocycles. The molecule has 0 spiro atoms. The van der Waals surface area contributed by atoms with Crippen LogP contribution in [-0.2, 0) is 14.8 Å². The molecule has 0 aliphatic rings. The Morgan fingerprint density at radius 3 is 2.37 bits per heavy atom. The second kappa shape index (κ2) is 9.01. The standard InChI is InChI=1S/C18H20BrN3O4S/c1-12-3-4-13(11-16(12)22-27(2,25)26)18(24)20-10-9-17(23)21-15-7-5-14(19)6-8-15/h3-8,11,22H,9-10H2,1-2H3,(H,20,24)(H,21,23). The van der Waals surface area contributed by atoms with Gasteiger partial charge < -0.3 is 10.6 Å². The van der Waals surface area contributed by atoms with Gasteiger partial charge in [0, 0.05) is 28.7 Å². The zero-order valence-corrected chi connectivity index (χ0v) is 17.3. The van der Waals surface area contributed by atoms with Crippen molar-refractivity contribution in [3.63, 3.8) is 0 Å². The van der Waals surface area contributed by atoms with E-state index in [9.17, 15) is 18.0 Å². The van der Waals surface area contributed by atoms with E-state index in [1.54, 1.807) is 31.2 Å². The normalized spacial score (nSPS) is 10.9. The molecular weight excluding hydrogens is 434 g/mol. The molecule has 2 rings (SSSR count). The van der Waals surface area contributed by atoms with Gasteiger partial charge in [-0.25, -0.2) is 8.42 Å². The van der Waals surface area contributed by atoms with Crippen molar-refractivity contribution in [2.75, 3.05) is 22.8 Å². The van der Waals surface area contributed by atoms with Crippen LogP contribution in [0.1, 0.15) is 22.3 Å². The Labute approximate surface area is 166 Å². The zero-order chi connectivity index (χ0) is 20.0. The van der Waals surface area contributed by atoms with Crippen molar-refractivity contribution < 1.29 is 18.0 Å². The molecule has 2 amide bonds. The SMILES string of the molecule is Cc1ccc(C(=O)NCCC(=O)Nc2ccc(Br)cc2)cc1NS(C)(=O)=O. The average Bonchev–Trinajstić information content (AvgIpc) is 2.57. The van der Waals surface area contributed by atoms with Crippen molar-refractivity contribution in [2.45, 2.75) is 13.3 Å². The molecule has 0 radical (unpaired) electrons. The Kier molecular flexibility index (Phi) is 6.98. The Morgan fingerprint density at radius 2 is 1.74 bits per heavy atom. The fourth-order valence-corrected chi connectivity index (χ4v) is 3.10. The first-order chi connectivity index (χ1) is 12.6. The summed E-state index contributed by atoms with van der Waals surface area (Å²) in [6, 6.07) is 11.9. The lowest BCUT2D eigenvalue weighted by atomic mass is 10.1. The van der Waals surface area contributed by atoms with Crippen molar-refractivity contribution in [1.82, 2.24) is 5.32 Å². The van der Waals surface area contributed by atoms with Gasteiger partial charge in [0.25, 0.3) is 5.91 Å². The summed E-state index contributed by atoms with van der Waals surface area (Å²) >= 11 is 3.32. The van der Waals surface area contributed by atoms with E-state index >= 15 is 0 Å². The first-order valence-corrected chi connectivity index (χ1v) is 10.7. The van der Waals surface area contributed by atoms with E-state index in [2.05, 4.69) is 31.3 Å². The summed E-state index contributed by atoms with van der Waals surface area (Å²) in [6.45, 7) is 1.89. The first kappa shape index (κ1) is 20.9. The van der Waals surface area contributed by atoms with Gasteiger partial charge in [0.05, 0.1) is 11.9 Å². The van der Waals surface area contributed by atoms with Gasteiger partial charge in [-0.05, 0) is 48.9 Å². The molecule has 0 aromatic heterocycles. The Bertz CT molecular complexity index is 944. The topological polar surface area (TPSA) is 104 Å². The number of sulfonamides is 1. The Balaban J connectivity index is 1.89. The van der Waals surface area contributed by atoms with E-state index in [-0.39, 0.29) is 24.8 Å². The number of amides is 2. The Morgan fingerprint density at radius 1 is 1.07 bits per heavy atom. The highest BCUT2D eigenvalue weighted by Crippen LogP contribution is 2.18. The summed E-state index contributed by atoms with van der Waals surface area (Å²) in [5.41, 5.74) is 2.02. The number of nitrogens with one attached hydrogen (secondary N) is 3. The maximum absolute atomic E-state index is 12.2. The molecule has 144 valence electrons. The summed E-state index contributed by atoms with van der Waals surface area (Å²) in [4.78, 5) is 24.1. The zero-order valence-electron chi connectivity index (χ0n) is 14.9. The van der Waals surface area contributed by atoms with E-state index < -0.39 is 10.0 Å². The van der Waals surface area contributed by atoms with Crippen LogP contribution in [0.4, 0.5) is 11.4 Å². The smallest absolute Gasteiger partial charge is 0.251 e. The molecule has 0 unspecified atom stereocenters. The second-order valence-corrected chi connectivity index (χ2v) is 8.63. The molecule has 0 aliphatic heterocycles. The molecule has 27 heavy (non-hydrogen) atoms. The second-order valence-electron chi connectivity index (χ2n) is 5.96. The van der Waals surface area contributed by atoms with Crippen molar-refractivity contribution >= 4 is 49.1 Å². The number of carbonyl (C=O) groups is 2. The number of aryl methyl sites for hydroxylation is 1. The lowest BCUT2D eigenvalue weighted by Gasteiger charge is -2.11. The number of hydrogen-bond donors (Lipinski definition) is 3. The van der Waals surface area contributed by atoms with E-state index in [4.69, 9.17) is 0 Å². The maximum Gasteiger partial charge on any atom is 0.251 e. The van der Waals surface area contributed by atoms with Gasteiger partial charge >= 0.3 is 0 Å². The first-order valence-electron chi connectivity index (χ1n) is 8.06. The lowest BCUT2D eigenvalue weighted by molar-refractivity contribution is -0.116. The van der Waals surface area contributed by atoms with Gasteiger partial charge in [-0.1, -0.05) is 22.0 Å². The van der Waals surface area contributed by atoms with Gasteiger partial charge in [0.1, 0.15) is 0 Å². The van der Waals surface area contributed by atoms with Gasteiger partial charge in [-0.15, -0.1) is 0 Å². The summed E-state index contributed by atoms with van der Waals surface area (Å²) in [6.07, 6.45) is 1.16. The third-order valence-corrected chi connectivity index (χ3v) is 4.68. The summed E-state index contributed by atoms with van der Waals surface area (Å²) < 4.78 is 26.1. The lowest BCUT2D eigenvalue weighted by Crippen LogP contribution is -2.27. The number of hydrogen-bond acceptors (Lipinski definition) is 4. The van der Waals surface area contributed by atoms with Crippen LogP contribution in [0.3, 0.4) is 0 Å². The molecular formula is C18H20BrN3O4S. The number of anilines is 2. The fourth-order valence-electron chi connectivity index (χ4n) is 2.22. The van der Waals surface area contributed by atoms with Crippen LogP contribution in [0.5, 0.6) is 0 Å². The molecule has 9 heteroatoms. The van der Waals surface area contributed by atoms with Crippen LogP contribution in [0.2, 0.25) is 0 Å². The van der Waals surface area contributed by atoms with Crippen molar-refractivity contribution in [3.8, 4) is 0 Å².